The number of hydrogen-bond acceptors (Lipinski definition) is 3. The second-order valence-electron chi connectivity index (χ2n) is 10.5. The van der Waals surface area contributed by atoms with Crippen LogP contribution in [0.1, 0.15) is 97.0 Å². The van der Waals surface area contributed by atoms with Gasteiger partial charge in [-0.05, 0) is 67.5 Å². The molecule has 1 unspecified atom stereocenters. The highest BCUT2D eigenvalue weighted by Gasteiger charge is 2.34. The van der Waals surface area contributed by atoms with Crippen molar-refractivity contribution in [3.8, 4) is 28.1 Å². The van der Waals surface area contributed by atoms with Crippen LogP contribution in [0.3, 0.4) is 0 Å². The van der Waals surface area contributed by atoms with E-state index in [1.165, 1.54) is 57.4 Å². The second-order valence-corrected chi connectivity index (χ2v) is 10.5. The zero-order valence-electron chi connectivity index (χ0n) is 23.5. The summed E-state index contributed by atoms with van der Waals surface area (Å²) < 4.78 is 20.1. The maximum absolute atomic E-state index is 14.8. The molecule has 204 valence electrons. The highest BCUT2D eigenvalue weighted by Crippen LogP contribution is 2.32. The number of carbonyl (C=O) groups excluding carboxylic acids is 1. The van der Waals surface area contributed by atoms with Crippen LogP contribution < -0.4 is 4.74 Å². The molecule has 0 N–H and O–H groups in total. The highest BCUT2D eigenvalue weighted by molar-refractivity contribution is 5.83. The minimum absolute atomic E-state index is 0.177. The van der Waals surface area contributed by atoms with Gasteiger partial charge in [-0.3, -0.25) is 4.98 Å². The SMILES string of the molecule is CCCCCCCCCc1ccc(-c2ccccc2-c2ccc(OC(=O)C(C)(F)CCCCC)cc2)nc1. The molecule has 0 bridgehead atoms. The van der Waals surface area contributed by atoms with E-state index in [2.05, 4.69) is 38.1 Å². The van der Waals surface area contributed by atoms with Crippen LogP contribution in [0.5, 0.6) is 5.75 Å². The quantitative estimate of drug-likeness (QED) is 0.108. The first-order chi connectivity index (χ1) is 18.4. The van der Waals surface area contributed by atoms with Crippen molar-refractivity contribution in [2.45, 2.75) is 103 Å². The maximum atomic E-state index is 14.8. The lowest BCUT2D eigenvalue weighted by Crippen LogP contribution is -2.34. The van der Waals surface area contributed by atoms with Crippen LogP contribution in [0.25, 0.3) is 22.4 Å². The van der Waals surface area contributed by atoms with Crippen LogP contribution >= 0.6 is 0 Å². The number of benzene rings is 2. The monoisotopic (exact) mass is 517 g/mol. The third-order valence-electron chi connectivity index (χ3n) is 7.15. The number of halogens is 1. The van der Waals surface area contributed by atoms with E-state index in [-0.39, 0.29) is 6.42 Å². The van der Waals surface area contributed by atoms with Crippen LogP contribution in [0.2, 0.25) is 0 Å². The Morgan fingerprint density at radius 3 is 2.08 bits per heavy atom. The van der Waals surface area contributed by atoms with E-state index in [1.54, 1.807) is 12.1 Å². The van der Waals surface area contributed by atoms with Crippen LogP contribution in [0.4, 0.5) is 4.39 Å². The molecular weight excluding hydrogens is 473 g/mol. The van der Waals surface area contributed by atoms with Gasteiger partial charge in [-0.25, -0.2) is 9.18 Å². The lowest BCUT2D eigenvalue weighted by Gasteiger charge is -2.18. The number of aryl methyl sites for hydroxylation is 1. The number of carbonyl (C=O) groups is 1. The van der Waals surface area contributed by atoms with E-state index in [1.807, 2.05) is 30.5 Å². The van der Waals surface area contributed by atoms with E-state index >= 15 is 0 Å². The molecule has 1 aromatic heterocycles. The largest absolute Gasteiger partial charge is 0.424 e. The van der Waals surface area contributed by atoms with Gasteiger partial charge in [0.25, 0.3) is 0 Å². The van der Waals surface area contributed by atoms with Gasteiger partial charge in [-0.15, -0.1) is 0 Å². The molecule has 4 heteroatoms. The lowest BCUT2D eigenvalue weighted by atomic mass is 9.96. The van der Waals surface area contributed by atoms with E-state index in [0.29, 0.717) is 12.2 Å². The Labute approximate surface area is 228 Å². The molecule has 38 heavy (non-hydrogen) atoms. The fourth-order valence-electron chi connectivity index (χ4n) is 4.70. The van der Waals surface area contributed by atoms with Gasteiger partial charge in [0.1, 0.15) is 5.75 Å². The minimum atomic E-state index is -1.98. The van der Waals surface area contributed by atoms with E-state index < -0.39 is 11.6 Å². The summed E-state index contributed by atoms with van der Waals surface area (Å²) in [5.74, 6) is -0.481. The van der Waals surface area contributed by atoms with Crippen molar-refractivity contribution < 1.29 is 13.9 Å². The third kappa shape index (κ3) is 9.08. The molecule has 0 radical (unpaired) electrons. The normalized spacial score (nSPS) is 12.7. The minimum Gasteiger partial charge on any atom is -0.424 e. The summed E-state index contributed by atoms with van der Waals surface area (Å²) in [5.41, 5.74) is 3.31. The van der Waals surface area contributed by atoms with Crippen molar-refractivity contribution in [1.82, 2.24) is 4.98 Å². The number of aromatic nitrogens is 1. The van der Waals surface area contributed by atoms with Gasteiger partial charge >= 0.3 is 5.97 Å². The lowest BCUT2D eigenvalue weighted by molar-refractivity contribution is -0.147. The van der Waals surface area contributed by atoms with E-state index in [0.717, 1.165) is 41.6 Å². The Morgan fingerprint density at radius 1 is 0.789 bits per heavy atom. The molecule has 3 nitrogen and oxygen atoms in total. The number of pyridine rings is 1. The number of esters is 1. The van der Waals surface area contributed by atoms with Crippen LogP contribution in [0.15, 0.2) is 66.9 Å². The molecule has 0 saturated carbocycles. The van der Waals surface area contributed by atoms with Crippen molar-refractivity contribution in [3.63, 3.8) is 0 Å². The second kappa shape index (κ2) is 15.4. The molecule has 0 saturated heterocycles. The molecule has 0 aliphatic carbocycles. The number of hydrogen-bond donors (Lipinski definition) is 0. The molecule has 1 atom stereocenters. The van der Waals surface area contributed by atoms with Gasteiger partial charge in [-0.1, -0.05) is 108 Å². The van der Waals surface area contributed by atoms with E-state index in [9.17, 15) is 9.18 Å². The van der Waals surface area contributed by atoms with Gasteiger partial charge < -0.3 is 4.74 Å². The molecule has 0 fully saturated rings. The fourth-order valence-corrected chi connectivity index (χ4v) is 4.70. The smallest absolute Gasteiger partial charge is 0.348 e. The topological polar surface area (TPSA) is 39.2 Å². The molecule has 0 spiro atoms. The van der Waals surface area contributed by atoms with Gasteiger partial charge in [0.05, 0.1) is 5.69 Å². The molecule has 2 aromatic carbocycles. The van der Waals surface area contributed by atoms with Crippen molar-refractivity contribution in [2.24, 2.45) is 0 Å². The summed E-state index contributed by atoms with van der Waals surface area (Å²) in [5, 5.41) is 0. The number of unbranched alkanes of at least 4 members (excludes halogenated alkanes) is 8. The predicted molar refractivity (Wildman–Crippen MR) is 156 cm³/mol. The van der Waals surface area contributed by atoms with Crippen molar-refractivity contribution >= 4 is 5.97 Å². The Morgan fingerprint density at radius 2 is 1.42 bits per heavy atom. The molecule has 3 aromatic rings. The summed E-state index contributed by atoms with van der Waals surface area (Å²) in [7, 11) is 0. The summed E-state index contributed by atoms with van der Waals surface area (Å²) in [6.45, 7) is 5.61. The van der Waals surface area contributed by atoms with Gasteiger partial charge in [-0.2, -0.15) is 0 Å². The average molecular weight is 518 g/mol. The number of nitrogens with zero attached hydrogens (tertiary/aromatic N) is 1. The first kappa shape index (κ1) is 29.5. The Kier molecular flexibility index (Phi) is 12.0. The first-order valence-corrected chi connectivity index (χ1v) is 14.5. The Balaban J connectivity index is 1.61. The van der Waals surface area contributed by atoms with Gasteiger partial charge in [0.15, 0.2) is 0 Å². The first-order valence-electron chi connectivity index (χ1n) is 14.5. The standard InChI is InChI=1S/C34H44FNO2/c1-4-6-8-9-10-11-12-16-27-19-24-32(36-26-27)31-18-14-13-17-30(31)28-20-22-29(23-21-28)38-33(37)34(3,35)25-15-7-5-2/h13-14,17-24,26H,4-12,15-16,25H2,1-3H3. The molecule has 0 aliphatic heterocycles. The summed E-state index contributed by atoms with van der Waals surface area (Å²) in [6.07, 6.45) is 15.0. The zero-order chi connectivity index (χ0) is 27.2. The zero-order valence-corrected chi connectivity index (χ0v) is 23.5. The summed E-state index contributed by atoms with van der Waals surface area (Å²) >= 11 is 0. The Bertz CT molecular complexity index is 1110. The van der Waals surface area contributed by atoms with Crippen molar-refractivity contribution in [1.29, 1.82) is 0 Å². The van der Waals surface area contributed by atoms with Crippen LogP contribution in [-0.4, -0.2) is 16.6 Å². The molecule has 0 aliphatic rings. The predicted octanol–water partition coefficient (Wildman–Crippen LogP) is 9.92. The van der Waals surface area contributed by atoms with E-state index in [4.69, 9.17) is 9.72 Å². The van der Waals surface area contributed by atoms with Gasteiger partial charge in [0, 0.05) is 11.8 Å². The molecule has 1 heterocycles. The molecular formula is C34H44FNO2. The number of alkyl halides is 1. The molecule has 3 rings (SSSR count). The highest BCUT2D eigenvalue weighted by atomic mass is 19.1. The fraction of sp³-hybridized carbons (Fsp3) is 0.471. The van der Waals surface area contributed by atoms with Crippen LogP contribution in [0, 0.1) is 0 Å². The molecule has 0 amide bonds. The average Bonchev–Trinajstić information content (AvgIpc) is 2.93. The van der Waals surface area contributed by atoms with Crippen LogP contribution in [-0.2, 0) is 11.2 Å². The van der Waals surface area contributed by atoms with Crippen molar-refractivity contribution in [2.75, 3.05) is 0 Å². The number of ether oxygens (including phenoxy) is 1. The summed E-state index contributed by atoms with van der Waals surface area (Å²) in [4.78, 5) is 17.2. The summed E-state index contributed by atoms with van der Waals surface area (Å²) in [6, 6.07) is 19.7. The van der Waals surface area contributed by atoms with Crippen molar-refractivity contribution in [3.05, 3.63) is 72.4 Å². The maximum Gasteiger partial charge on any atom is 0.348 e. The Hall–Kier alpha value is -3.01. The van der Waals surface area contributed by atoms with Gasteiger partial charge in [0.2, 0.25) is 5.67 Å². The number of rotatable bonds is 16. The third-order valence-corrected chi connectivity index (χ3v) is 7.15.